The van der Waals surface area contributed by atoms with Crippen LogP contribution < -0.4 is 4.74 Å². The highest BCUT2D eigenvalue weighted by Crippen LogP contribution is 2.33. The van der Waals surface area contributed by atoms with Gasteiger partial charge in [0.25, 0.3) is 0 Å². The molecule has 0 unspecified atom stereocenters. The van der Waals surface area contributed by atoms with Crippen LogP contribution in [-0.4, -0.2) is 16.0 Å². The molecule has 0 aliphatic carbocycles. The van der Waals surface area contributed by atoms with Gasteiger partial charge in [0.05, 0.1) is 5.56 Å². The van der Waals surface area contributed by atoms with Crippen LogP contribution in [0.25, 0.3) is 6.08 Å². The maximum Gasteiger partial charge on any atom is 0.231 e. The molecular weight excluding hydrogens is 244 g/mol. The van der Waals surface area contributed by atoms with E-state index >= 15 is 0 Å². The average Bonchev–Trinajstić information content (AvgIpc) is 2.70. The maximum absolute atomic E-state index is 12.1. The fourth-order valence-corrected chi connectivity index (χ4v) is 1.93. The second kappa shape index (κ2) is 4.17. The number of rotatable bonds is 1. The van der Waals surface area contributed by atoms with Crippen molar-refractivity contribution in [2.24, 2.45) is 0 Å². The molecule has 0 amide bonds. The molecular formula is C15H10O4. The predicted molar refractivity (Wildman–Crippen MR) is 69.1 cm³/mol. The topological polar surface area (TPSA) is 66.8 Å². The Labute approximate surface area is 109 Å². The summed E-state index contributed by atoms with van der Waals surface area (Å²) in [4.78, 5) is 12.1. The number of ketones is 1. The number of phenolic OH excluding ortho intramolecular Hbond substituents is 2. The van der Waals surface area contributed by atoms with Gasteiger partial charge in [-0.05, 0) is 30.3 Å². The van der Waals surface area contributed by atoms with Gasteiger partial charge < -0.3 is 14.9 Å². The zero-order valence-corrected chi connectivity index (χ0v) is 9.83. The summed E-state index contributed by atoms with van der Waals surface area (Å²) >= 11 is 0. The SMILES string of the molecule is O=C1C(=Cc2ccc(O)cc2O)Oc2ccccc21. The van der Waals surface area contributed by atoms with Gasteiger partial charge in [0.2, 0.25) is 5.78 Å². The number of hydrogen-bond donors (Lipinski definition) is 2. The zero-order valence-electron chi connectivity index (χ0n) is 9.83. The van der Waals surface area contributed by atoms with Crippen LogP contribution in [0, 0.1) is 0 Å². The Balaban J connectivity index is 2.01. The second-order valence-corrected chi connectivity index (χ2v) is 4.18. The molecule has 2 aromatic rings. The molecule has 1 aliphatic rings. The van der Waals surface area contributed by atoms with Crippen molar-refractivity contribution in [2.45, 2.75) is 0 Å². The van der Waals surface area contributed by atoms with Crippen molar-refractivity contribution < 1.29 is 19.7 Å². The molecule has 4 heteroatoms. The first-order chi connectivity index (χ1) is 9.15. The van der Waals surface area contributed by atoms with Crippen molar-refractivity contribution in [1.82, 2.24) is 0 Å². The van der Waals surface area contributed by atoms with Crippen LogP contribution in [-0.2, 0) is 0 Å². The van der Waals surface area contributed by atoms with Gasteiger partial charge in [-0.3, -0.25) is 4.79 Å². The van der Waals surface area contributed by atoms with Gasteiger partial charge in [0.15, 0.2) is 5.76 Å². The largest absolute Gasteiger partial charge is 0.508 e. The van der Waals surface area contributed by atoms with Crippen LogP contribution in [0.5, 0.6) is 17.2 Å². The van der Waals surface area contributed by atoms with Gasteiger partial charge in [-0.15, -0.1) is 0 Å². The Morgan fingerprint density at radius 1 is 1.05 bits per heavy atom. The Morgan fingerprint density at radius 2 is 1.84 bits per heavy atom. The van der Waals surface area contributed by atoms with Crippen LogP contribution in [0.4, 0.5) is 0 Å². The number of carbonyl (C=O) groups excluding carboxylic acids is 1. The van der Waals surface area contributed by atoms with E-state index in [0.29, 0.717) is 16.9 Å². The summed E-state index contributed by atoms with van der Waals surface area (Å²) in [6.45, 7) is 0. The summed E-state index contributed by atoms with van der Waals surface area (Å²) in [5.74, 6) is 0.295. The van der Waals surface area contributed by atoms with Crippen molar-refractivity contribution in [2.75, 3.05) is 0 Å². The van der Waals surface area contributed by atoms with E-state index < -0.39 is 0 Å². The minimum Gasteiger partial charge on any atom is -0.508 e. The quantitative estimate of drug-likeness (QED) is 0.768. The molecule has 0 saturated carbocycles. The molecule has 19 heavy (non-hydrogen) atoms. The zero-order chi connectivity index (χ0) is 13.4. The third-order valence-electron chi connectivity index (χ3n) is 2.88. The Hall–Kier alpha value is -2.75. The highest BCUT2D eigenvalue weighted by molar-refractivity contribution is 6.14. The number of Topliss-reactive ketones (excluding diaryl/α,β-unsaturated/α-hetero) is 1. The van der Waals surface area contributed by atoms with Crippen LogP contribution in [0.3, 0.4) is 0 Å². The highest BCUT2D eigenvalue weighted by atomic mass is 16.5. The third-order valence-corrected chi connectivity index (χ3v) is 2.88. The summed E-state index contributed by atoms with van der Waals surface area (Å²) in [6, 6.07) is 11.1. The molecule has 0 radical (unpaired) electrons. The van der Waals surface area contributed by atoms with Crippen molar-refractivity contribution in [1.29, 1.82) is 0 Å². The summed E-state index contributed by atoms with van der Waals surface area (Å²) < 4.78 is 5.45. The minimum absolute atomic E-state index is 0.0402. The number of ether oxygens (including phenoxy) is 1. The molecule has 0 spiro atoms. The van der Waals surface area contributed by atoms with Gasteiger partial charge in [0, 0.05) is 11.6 Å². The van der Waals surface area contributed by atoms with Crippen molar-refractivity contribution >= 4 is 11.9 Å². The molecule has 1 aliphatic heterocycles. The number of hydrogen-bond acceptors (Lipinski definition) is 4. The molecule has 0 bridgehead atoms. The first-order valence-corrected chi connectivity index (χ1v) is 5.70. The summed E-state index contributed by atoms with van der Waals surface area (Å²) in [6.07, 6.45) is 1.46. The van der Waals surface area contributed by atoms with E-state index in [1.54, 1.807) is 24.3 Å². The molecule has 0 atom stereocenters. The smallest absolute Gasteiger partial charge is 0.231 e. The molecule has 0 fully saturated rings. The molecule has 1 heterocycles. The minimum atomic E-state index is -0.219. The third kappa shape index (κ3) is 1.93. The lowest BCUT2D eigenvalue weighted by Gasteiger charge is -2.01. The van der Waals surface area contributed by atoms with Crippen LogP contribution in [0.2, 0.25) is 0 Å². The molecule has 2 aromatic carbocycles. The Kier molecular flexibility index (Phi) is 2.49. The Bertz CT molecular complexity index is 701. The second-order valence-electron chi connectivity index (χ2n) is 4.18. The van der Waals surface area contributed by atoms with Gasteiger partial charge in [-0.25, -0.2) is 0 Å². The van der Waals surface area contributed by atoms with Crippen LogP contribution in [0.15, 0.2) is 48.2 Å². The van der Waals surface area contributed by atoms with Gasteiger partial charge in [-0.1, -0.05) is 12.1 Å². The lowest BCUT2D eigenvalue weighted by atomic mass is 10.1. The van der Waals surface area contributed by atoms with Gasteiger partial charge in [0.1, 0.15) is 17.2 Å². The highest BCUT2D eigenvalue weighted by Gasteiger charge is 2.26. The van der Waals surface area contributed by atoms with E-state index in [9.17, 15) is 15.0 Å². The van der Waals surface area contributed by atoms with Gasteiger partial charge in [-0.2, -0.15) is 0 Å². The van der Waals surface area contributed by atoms with Crippen molar-refractivity contribution in [3.8, 4) is 17.2 Å². The lowest BCUT2D eigenvalue weighted by Crippen LogP contribution is -1.98. The first kappa shape index (κ1) is 11.3. The van der Waals surface area contributed by atoms with E-state index in [1.165, 1.54) is 24.3 Å². The molecule has 2 N–H and O–H groups in total. The summed E-state index contributed by atoms with van der Waals surface area (Å²) in [5.41, 5.74) is 0.918. The molecule has 94 valence electrons. The Morgan fingerprint density at radius 3 is 2.58 bits per heavy atom. The number of fused-ring (bicyclic) bond motifs is 1. The number of phenols is 2. The van der Waals surface area contributed by atoms with E-state index in [0.717, 1.165) is 0 Å². The first-order valence-electron chi connectivity index (χ1n) is 5.70. The molecule has 4 nitrogen and oxygen atoms in total. The number of allylic oxidation sites excluding steroid dienone is 1. The van der Waals surface area contributed by atoms with Crippen molar-refractivity contribution in [3.05, 3.63) is 59.4 Å². The fourth-order valence-electron chi connectivity index (χ4n) is 1.93. The number of aromatic hydroxyl groups is 2. The molecule has 3 rings (SSSR count). The van der Waals surface area contributed by atoms with E-state index in [-0.39, 0.29) is 23.0 Å². The van der Waals surface area contributed by atoms with Crippen LogP contribution in [0.1, 0.15) is 15.9 Å². The fraction of sp³-hybridized carbons (Fsp3) is 0. The van der Waals surface area contributed by atoms with E-state index in [1.807, 2.05) is 0 Å². The molecule has 0 saturated heterocycles. The summed E-state index contributed by atoms with van der Waals surface area (Å²) in [5, 5.41) is 18.9. The van der Waals surface area contributed by atoms with E-state index in [4.69, 9.17) is 4.74 Å². The average molecular weight is 254 g/mol. The standard InChI is InChI=1S/C15H10O4/c16-10-6-5-9(12(17)8-10)7-14-15(18)11-3-1-2-4-13(11)19-14/h1-8,16-17H. The maximum atomic E-state index is 12.1. The summed E-state index contributed by atoms with van der Waals surface area (Å²) in [7, 11) is 0. The van der Waals surface area contributed by atoms with E-state index in [2.05, 4.69) is 0 Å². The lowest BCUT2D eigenvalue weighted by molar-refractivity contribution is 0.101. The monoisotopic (exact) mass is 254 g/mol. The number of benzene rings is 2. The predicted octanol–water partition coefficient (Wildman–Crippen LogP) is 2.71. The number of carbonyl (C=O) groups is 1. The van der Waals surface area contributed by atoms with Gasteiger partial charge >= 0.3 is 0 Å². The normalized spacial score (nSPS) is 15.4. The molecule has 0 aromatic heterocycles. The number of para-hydroxylation sites is 1. The van der Waals surface area contributed by atoms with Crippen molar-refractivity contribution in [3.63, 3.8) is 0 Å². The van der Waals surface area contributed by atoms with Crippen LogP contribution >= 0.6 is 0 Å².